The Hall–Kier alpha value is -1.96. The van der Waals surface area contributed by atoms with Crippen molar-refractivity contribution in [1.82, 2.24) is 29.1 Å². The molecule has 0 amide bonds. The van der Waals surface area contributed by atoms with E-state index in [1.54, 1.807) is 9.25 Å². The molecule has 1 saturated heterocycles. The molecule has 8 heteroatoms. The van der Waals surface area contributed by atoms with Crippen LogP contribution in [0.2, 0.25) is 0 Å². The first-order chi connectivity index (χ1) is 12.7. The second-order valence-corrected chi connectivity index (χ2v) is 7.95. The monoisotopic (exact) mass is 358 g/mol. The van der Waals surface area contributed by atoms with Crippen LogP contribution in [0, 0.1) is 5.92 Å². The summed E-state index contributed by atoms with van der Waals surface area (Å²) in [7, 11) is 0. The van der Waals surface area contributed by atoms with Crippen LogP contribution in [-0.4, -0.2) is 35.7 Å². The first kappa shape index (κ1) is 16.2. The molecule has 0 N–H and O–H groups in total. The molecule has 3 heterocycles. The summed E-state index contributed by atoms with van der Waals surface area (Å²) in [6.45, 7) is 5.86. The number of rotatable bonds is 6. The highest BCUT2D eigenvalue weighted by Gasteiger charge is 2.37. The molecule has 0 spiro atoms. The van der Waals surface area contributed by atoms with Crippen LogP contribution in [0.15, 0.2) is 4.79 Å². The summed E-state index contributed by atoms with van der Waals surface area (Å²) < 4.78 is 11.4. The van der Waals surface area contributed by atoms with Crippen molar-refractivity contribution in [2.24, 2.45) is 5.92 Å². The molecule has 140 valence electrons. The van der Waals surface area contributed by atoms with Gasteiger partial charge in [-0.05, 0) is 44.9 Å². The van der Waals surface area contributed by atoms with Gasteiger partial charge < -0.3 is 9.30 Å². The molecular formula is C18H26N6O2. The Morgan fingerprint density at radius 1 is 1.12 bits per heavy atom. The highest BCUT2D eigenvalue weighted by atomic mass is 16.5. The lowest BCUT2D eigenvalue weighted by molar-refractivity contribution is 0.0836. The van der Waals surface area contributed by atoms with Gasteiger partial charge in [-0.1, -0.05) is 6.92 Å². The topological polar surface area (TPSA) is 79.8 Å². The van der Waals surface area contributed by atoms with Crippen molar-refractivity contribution < 1.29 is 4.74 Å². The van der Waals surface area contributed by atoms with Gasteiger partial charge in [0, 0.05) is 25.1 Å². The maximum absolute atomic E-state index is 12.9. The first-order valence-corrected chi connectivity index (χ1v) is 9.90. The predicted molar refractivity (Wildman–Crippen MR) is 94.0 cm³/mol. The molecule has 2 saturated carbocycles. The maximum Gasteiger partial charge on any atom is 0.346 e. The third kappa shape index (κ3) is 2.62. The zero-order valence-electron chi connectivity index (χ0n) is 15.5. The van der Waals surface area contributed by atoms with Gasteiger partial charge in [0.2, 0.25) is 0 Å². The smallest absolute Gasteiger partial charge is 0.346 e. The Labute approximate surface area is 152 Å². The first-order valence-electron chi connectivity index (χ1n) is 9.90. The quantitative estimate of drug-likeness (QED) is 0.789. The van der Waals surface area contributed by atoms with Gasteiger partial charge in [0.1, 0.15) is 18.5 Å². The molecule has 5 rings (SSSR count). The van der Waals surface area contributed by atoms with E-state index in [2.05, 4.69) is 26.8 Å². The largest absolute Gasteiger partial charge is 0.370 e. The van der Waals surface area contributed by atoms with E-state index in [-0.39, 0.29) is 11.8 Å². The van der Waals surface area contributed by atoms with E-state index in [1.807, 2.05) is 6.92 Å². The normalized spacial score (nSPS) is 25.9. The Balaban J connectivity index is 1.50. The van der Waals surface area contributed by atoms with Crippen LogP contribution in [0.3, 0.4) is 0 Å². The van der Waals surface area contributed by atoms with E-state index < -0.39 is 0 Å². The number of hydrogen-bond acceptors (Lipinski definition) is 5. The zero-order valence-corrected chi connectivity index (χ0v) is 15.5. The van der Waals surface area contributed by atoms with Crippen molar-refractivity contribution in [3.05, 3.63) is 28.0 Å². The second-order valence-electron chi connectivity index (χ2n) is 7.95. The van der Waals surface area contributed by atoms with Crippen LogP contribution in [0.5, 0.6) is 0 Å². The SMILES string of the molecule is CCn1c([C@H]2OCC[C@H]2C)nn(Cc2nnc(C3CC3)n2C2CC2)c1=O. The Morgan fingerprint density at radius 3 is 2.54 bits per heavy atom. The van der Waals surface area contributed by atoms with Crippen LogP contribution < -0.4 is 5.69 Å². The number of ether oxygens (including phenoxy) is 1. The molecule has 2 aromatic heterocycles. The number of aromatic nitrogens is 6. The summed E-state index contributed by atoms with van der Waals surface area (Å²) in [6.07, 6.45) is 5.69. The predicted octanol–water partition coefficient (Wildman–Crippen LogP) is 2.01. The van der Waals surface area contributed by atoms with E-state index >= 15 is 0 Å². The molecule has 0 unspecified atom stereocenters. The highest BCUT2D eigenvalue weighted by Crippen LogP contribution is 2.44. The third-order valence-corrected chi connectivity index (χ3v) is 5.85. The van der Waals surface area contributed by atoms with E-state index in [0.717, 1.165) is 30.5 Å². The second kappa shape index (κ2) is 6.04. The van der Waals surface area contributed by atoms with Gasteiger partial charge in [-0.2, -0.15) is 5.10 Å². The molecule has 26 heavy (non-hydrogen) atoms. The Kier molecular flexibility index (Phi) is 3.77. The van der Waals surface area contributed by atoms with Crippen molar-refractivity contribution >= 4 is 0 Å². The molecular weight excluding hydrogens is 332 g/mol. The lowest BCUT2D eigenvalue weighted by Gasteiger charge is -2.13. The fourth-order valence-corrected chi connectivity index (χ4v) is 4.02. The van der Waals surface area contributed by atoms with Gasteiger partial charge in [-0.3, -0.25) is 4.57 Å². The fraction of sp³-hybridized carbons (Fsp3) is 0.778. The molecule has 1 aliphatic heterocycles. The van der Waals surface area contributed by atoms with Crippen molar-refractivity contribution in [3.63, 3.8) is 0 Å². The van der Waals surface area contributed by atoms with Crippen molar-refractivity contribution in [3.8, 4) is 0 Å². The fourth-order valence-electron chi connectivity index (χ4n) is 4.02. The molecule has 2 atom stereocenters. The summed E-state index contributed by atoms with van der Waals surface area (Å²) in [5, 5.41) is 13.5. The summed E-state index contributed by atoms with van der Waals surface area (Å²) in [4.78, 5) is 12.9. The van der Waals surface area contributed by atoms with Crippen molar-refractivity contribution in [1.29, 1.82) is 0 Å². The standard InChI is InChI=1S/C18H26N6O2/c1-3-22-17(15-11(2)8-9-26-15)21-23(18(22)25)10-14-19-20-16(12-4-5-12)24(14)13-6-7-13/h11-13,15H,3-10H2,1-2H3/t11-,15+/m1/s1. The molecule has 2 aliphatic carbocycles. The minimum absolute atomic E-state index is 0.0801. The minimum Gasteiger partial charge on any atom is -0.370 e. The van der Waals surface area contributed by atoms with Gasteiger partial charge in [0.15, 0.2) is 11.6 Å². The van der Waals surface area contributed by atoms with Crippen LogP contribution in [0.25, 0.3) is 0 Å². The number of hydrogen-bond donors (Lipinski definition) is 0. The zero-order chi connectivity index (χ0) is 17.8. The third-order valence-electron chi connectivity index (χ3n) is 5.85. The van der Waals surface area contributed by atoms with Crippen LogP contribution in [-0.2, 0) is 17.8 Å². The summed E-state index contributed by atoms with van der Waals surface area (Å²) >= 11 is 0. The van der Waals surface area contributed by atoms with Gasteiger partial charge >= 0.3 is 5.69 Å². The minimum atomic E-state index is -0.0905. The van der Waals surface area contributed by atoms with E-state index in [0.29, 0.717) is 31.0 Å². The van der Waals surface area contributed by atoms with Crippen molar-refractivity contribution in [2.45, 2.75) is 77.1 Å². The molecule has 3 fully saturated rings. The average Bonchev–Trinajstić information content (AvgIpc) is 3.55. The van der Waals surface area contributed by atoms with E-state index in [1.165, 1.54) is 25.7 Å². The van der Waals surface area contributed by atoms with Crippen LogP contribution >= 0.6 is 0 Å². The highest BCUT2D eigenvalue weighted by molar-refractivity contribution is 5.12. The van der Waals surface area contributed by atoms with Crippen LogP contribution in [0.1, 0.15) is 81.5 Å². The van der Waals surface area contributed by atoms with E-state index in [4.69, 9.17) is 4.74 Å². The van der Waals surface area contributed by atoms with Gasteiger partial charge in [-0.25, -0.2) is 9.48 Å². The number of nitrogens with zero attached hydrogens (tertiary/aromatic N) is 6. The molecule has 2 aromatic rings. The van der Waals surface area contributed by atoms with Gasteiger partial charge in [-0.15, -0.1) is 10.2 Å². The lowest BCUT2D eigenvalue weighted by atomic mass is 10.0. The van der Waals surface area contributed by atoms with Crippen molar-refractivity contribution in [2.75, 3.05) is 6.61 Å². The van der Waals surface area contributed by atoms with E-state index in [9.17, 15) is 4.79 Å². The lowest BCUT2D eigenvalue weighted by Crippen LogP contribution is -2.27. The van der Waals surface area contributed by atoms with Gasteiger partial charge in [0.25, 0.3) is 0 Å². The molecule has 0 aromatic carbocycles. The summed E-state index contributed by atoms with van der Waals surface area (Å²) in [5.74, 6) is 3.67. The maximum atomic E-state index is 12.9. The van der Waals surface area contributed by atoms with Gasteiger partial charge in [0.05, 0.1) is 0 Å². The molecule has 3 aliphatic rings. The Bertz CT molecular complexity index is 873. The summed E-state index contributed by atoms with van der Waals surface area (Å²) in [6, 6.07) is 0.511. The molecule has 0 radical (unpaired) electrons. The summed E-state index contributed by atoms with van der Waals surface area (Å²) in [5.41, 5.74) is -0.0801. The Morgan fingerprint density at radius 2 is 1.92 bits per heavy atom. The average molecular weight is 358 g/mol. The molecule has 8 nitrogen and oxygen atoms in total. The molecule has 0 bridgehead atoms. The van der Waals surface area contributed by atoms with Crippen LogP contribution in [0.4, 0.5) is 0 Å².